The van der Waals surface area contributed by atoms with E-state index in [1.54, 1.807) is 0 Å². The highest BCUT2D eigenvalue weighted by molar-refractivity contribution is 5.78. The van der Waals surface area contributed by atoms with Crippen LogP contribution in [0.2, 0.25) is 0 Å². The molecular formula is C12H22N2O3. The second-order valence-electron chi connectivity index (χ2n) is 5.57. The summed E-state index contributed by atoms with van der Waals surface area (Å²) < 4.78 is 11.1. The second-order valence-corrected chi connectivity index (χ2v) is 5.57. The van der Waals surface area contributed by atoms with Crippen LogP contribution in [0.1, 0.15) is 27.2 Å². The number of amides is 1. The Morgan fingerprint density at radius 3 is 2.71 bits per heavy atom. The Balaban J connectivity index is 1.77. The molecule has 0 aromatic heterocycles. The molecule has 5 heteroatoms. The first-order valence-electron chi connectivity index (χ1n) is 6.21. The van der Waals surface area contributed by atoms with E-state index in [0.29, 0.717) is 6.61 Å². The van der Waals surface area contributed by atoms with Gasteiger partial charge in [-0.3, -0.25) is 4.79 Å². The first-order chi connectivity index (χ1) is 7.94. The lowest BCUT2D eigenvalue weighted by Crippen LogP contribution is -2.60. The van der Waals surface area contributed by atoms with Crippen molar-refractivity contribution in [1.29, 1.82) is 0 Å². The molecule has 0 aromatic rings. The van der Waals surface area contributed by atoms with Gasteiger partial charge in [0, 0.05) is 19.7 Å². The third kappa shape index (κ3) is 2.78. The van der Waals surface area contributed by atoms with Gasteiger partial charge in [-0.25, -0.2) is 0 Å². The van der Waals surface area contributed by atoms with Gasteiger partial charge in [-0.15, -0.1) is 0 Å². The zero-order valence-electron chi connectivity index (χ0n) is 10.8. The van der Waals surface area contributed by atoms with Crippen LogP contribution in [-0.2, 0) is 14.3 Å². The molecule has 2 aliphatic heterocycles. The topological polar surface area (TPSA) is 59.6 Å². The van der Waals surface area contributed by atoms with Gasteiger partial charge in [0.2, 0.25) is 5.91 Å². The van der Waals surface area contributed by atoms with E-state index in [-0.39, 0.29) is 29.8 Å². The van der Waals surface area contributed by atoms with Gasteiger partial charge in [0.25, 0.3) is 0 Å². The Labute approximate surface area is 102 Å². The molecular weight excluding hydrogens is 220 g/mol. The number of rotatable bonds is 4. The summed E-state index contributed by atoms with van der Waals surface area (Å²) in [6, 6.07) is 0. The number of carbonyl (C=O) groups is 1. The molecule has 2 unspecified atom stereocenters. The maximum Gasteiger partial charge on any atom is 0.246 e. The van der Waals surface area contributed by atoms with Gasteiger partial charge >= 0.3 is 0 Å². The van der Waals surface area contributed by atoms with Crippen molar-refractivity contribution in [1.82, 2.24) is 10.6 Å². The van der Waals surface area contributed by atoms with Crippen molar-refractivity contribution in [3.63, 3.8) is 0 Å². The van der Waals surface area contributed by atoms with Crippen molar-refractivity contribution in [2.24, 2.45) is 0 Å². The summed E-state index contributed by atoms with van der Waals surface area (Å²) in [5, 5.41) is 6.15. The van der Waals surface area contributed by atoms with Gasteiger partial charge in [0.05, 0.1) is 17.2 Å². The van der Waals surface area contributed by atoms with Gasteiger partial charge in [-0.2, -0.15) is 0 Å². The molecule has 2 rings (SSSR count). The Morgan fingerprint density at radius 2 is 2.24 bits per heavy atom. The maximum atomic E-state index is 11.8. The fourth-order valence-corrected chi connectivity index (χ4v) is 2.17. The molecule has 0 spiro atoms. The lowest BCUT2D eigenvalue weighted by molar-refractivity contribution is -0.138. The molecule has 98 valence electrons. The number of ether oxygens (including phenoxy) is 2. The molecule has 0 bridgehead atoms. The van der Waals surface area contributed by atoms with E-state index in [9.17, 15) is 4.79 Å². The summed E-state index contributed by atoms with van der Waals surface area (Å²) in [6.07, 6.45) is 0.922. The van der Waals surface area contributed by atoms with Crippen LogP contribution in [0.3, 0.4) is 0 Å². The molecule has 2 N–H and O–H groups in total. The highest BCUT2D eigenvalue weighted by Gasteiger charge is 2.39. The minimum absolute atomic E-state index is 0.0574. The van der Waals surface area contributed by atoms with E-state index in [0.717, 1.165) is 19.5 Å². The van der Waals surface area contributed by atoms with Gasteiger partial charge in [-0.05, 0) is 27.2 Å². The van der Waals surface area contributed by atoms with Crippen molar-refractivity contribution in [3.05, 3.63) is 0 Å². The second kappa shape index (κ2) is 4.55. The summed E-state index contributed by atoms with van der Waals surface area (Å²) in [7, 11) is 0. The first kappa shape index (κ1) is 12.8. The lowest BCUT2D eigenvalue weighted by Gasteiger charge is -2.39. The molecule has 0 radical (unpaired) electrons. The summed E-state index contributed by atoms with van der Waals surface area (Å²) >= 11 is 0. The van der Waals surface area contributed by atoms with Crippen molar-refractivity contribution in [2.45, 2.75) is 44.4 Å². The predicted octanol–water partition coefficient (Wildman–Crippen LogP) is 0.0486. The van der Waals surface area contributed by atoms with Crippen LogP contribution in [0.25, 0.3) is 0 Å². The number of hydrogen-bond donors (Lipinski definition) is 2. The normalized spacial score (nSPS) is 35.4. The van der Waals surface area contributed by atoms with Crippen molar-refractivity contribution < 1.29 is 14.3 Å². The van der Waals surface area contributed by atoms with E-state index in [2.05, 4.69) is 10.6 Å². The average Bonchev–Trinajstić information content (AvgIpc) is 2.53. The predicted molar refractivity (Wildman–Crippen MR) is 63.8 cm³/mol. The Kier molecular flexibility index (Phi) is 3.43. The molecule has 0 aliphatic carbocycles. The molecule has 2 heterocycles. The van der Waals surface area contributed by atoms with Crippen molar-refractivity contribution in [3.8, 4) is 0 Å². The molecule has 17 heavy (non-hydrogen) atoms. The van der Waals surface area contributed by atoms with E-state index >= 15 is 0 Å². The Bertz CT molecular complexity index is 304. The van der Waals surface area contributed by atoms with Crippen LogP contribution >= 0.6 is 0 Å². The molecule has 2 aliphatic rings. The smallest absolute Gasteiger partial charge is 0.246 e. The van der Waals surface area contributed by atoms with Gasteiger partial charge < -0.3 is 20.1 Å². The zero-order valence-corrected chi connectivity index (χ0v) is 10.8. The molecule has 0 aromatic carbocycles. The lowest BCUT2D eigenvalue weighted by atomic mass is 9.94. The number of hydrogen-bond acceptors (Lipinski definition) is 4. The van der Waals surface area contributed by atoms with Crippen LogP contribution in [0.4, 0.5) is 0 Å². The fourth-order valence-electron chi connectivity index (χ4n) is 2.17. The summed E-state index contributed by atoms with van der Waals surface area (Å²) in [6.45, 7) is 8.50. The fraction of sp³-hybridized carbons (Fsp3) is 0.917. The summed E-state index contributed by atoms with van der Waals surface area (Å²) in [5.74, 6) is -0.0574. The standard InChI is InChI=1S/C12H22N2O3/c1-9-12(3,4-5-16-9)14-10(15)6-17-11(2)7-13-8-11/h9,13H,4-8H2,1-3H3,(H,14,15). The summed E-state index contributed by atoms with van der Waals surface area (Å²) in [5.41, 5.74) is -0.421. The van der Waals surface area contributed by atoms with Gasteiger partial charge in [0.1, 0.15) is 6.61 Å². The third-order valence-corrected chi connectivity index (χ3v) is 3.86. The Hall–Kier alpha value is -0.650. The Morgan fingerprint density at radius 1 is 1.53 bits per heavy atom. The van der Waals surface area contributed by atoms with E-state index in [4.69, 9.17) is 9.47 Å². The quantitative estimate of drug-likeness (QED) is 0.731. The maximum absolute atomic E-state index is 11.8. The molecule has 2 saturated heterocycles. The van der Waals surface area contributed by atoms with E-state index < -0.39 is 0 Å². The van der Waals surface area contributed by atoms with Crippen molar-refractivity contribution >= 4 is 5.91 Å². The van der Waals surface area contributed by atoms with Crippen LogP contribution in [0.15, 0.2) is 0 Å². The van der Waals surface area contributed by atoms with E-state index in [1.807, 2.05) is 20.8 Å². The molecule has 5 nitrogen and oxygen atoms in total. The molecule has 2 atom stereocenters. The highest BCUT2D eigenvalue weighted by atomic mass is 16.5. The zero-order chi connectivity index (χ0) is 12.5. The molecule has 1 amide bonds. The largest absolute Gasteiger partial charge is 0.376 e. The van der Waals surface area contributed by atoms with Crippen LogP contribution in [0, 0.1) is 0 Å². The van der Waals surface area contributed by atoms with Gasteiger partial charge in [0.15, 0.2) is 0 Å². The number of nitrogens with one attached hydrogen (secondary N) is 2. The third-order valence-electron chi connectivity index (χ3n) is 3.86. The average molecular weight is 242 g/mol. The van der Waals surface area contributed by atoms with Crippen LogP contribution in [-0.4, -0.2) is 49.5 Å². The SMILES string of the molecule is CC1OCCC1(C)NC(=O)COC1(C)CNC1. The summed E-state index contributed by atoms with van der Waals surface area (Å²) in [4.78, 5) is 11.8. The molecule has 0 saturated carbocycles. The first-order valence-corrected chi connectivity index (χ1v) is 6.21. The highest BCUT2D eigenvalue weighted by Crippen LogP contribution is 2.25. The molecule has 2 fully saturated rings. The minimum Gasteiger partial charge on any atom is -0.376 e. The van der Waals surface area contributed by atoms with E-state index in [1.165, 1.54) is 0 Å². The van der Waals surface area contributed by atoms with Crippen molar-refractivity contribution in [2.75, 3.05) is 26.3 Å². The number of carbonyl (C=O) groups excluding carboxylic acids is 1. The minimum atomic E-state index is -0.251. The monoisotopic (exact) mass is 242 g/mol. The van der Waals surface area contributed by atoms with Gasteiger partial charge in [-0.1, -0.05) is 0 Å². The van der Waals surface area contributed by atoms with Crippen LogP contribution < -0.4 is 10.6 Å². The van der Waals surface area contributed by atoms with Crippen LogP contribution in [0.5, 0.6) is 0 Å².